The lowest BCUT2D eigenvalue weighted by Gasteiger charge is -2.09. The van der Waals surface area contributed by atoms with Crippen LogP contribution in [0.3, 0.4) is 0 Å². The van der Waals surface area contributed by atoms with Gasteiger partial charge in [-0.15, -0.1) is 0 Å². The molecule has 0 aliphatic heterocycles. The van der Waals surface area contributed by atoms with Crippen LogP contribution < -0.4 is 4.74 Å². The number of nitrogens with one attached hydrogen (secondary N) is 1. The first-order chi connectivity index (χ1) is 14.7. The first-order valence-electron chi connectivity index (χ1n) is 9.40. The lowest BCUT2D eigenvalue weighted by atomic mass is 10.1. The number of benzene rings is 3. The largest absolute Gasteiger partial charge is 0.488 e. The van der Waals surface area contributed by atoms with Crippen LogP contribution in [0.2, 0.25) is 0 Å². The van der Waals surface area contributed by atoms with E-state index in [1.54, 1.807) is 23.0 Å². The molecule has 4 rings (SSSR count). The Kier molecular flexibility index (Phi) is 6.10. The maximum absolute atomic E-state index is 13.1. The number of H-pyrrole nitrogens is 1. The summed E-state index contributed by atoms with van der Waals surface area (Å²) in [6.07, 6.45) is 2.16. The predicted molar refractivity (Wildman–Crippen MR) is 117 cm³/mol. The fourth-order valence-corrected chi connectivity index (χ4v) is 3.11. The van der Waals surface area contributed by atoms with Crippen molar-refractivity contribution in [2.24, 2.45) is 5.10 Å². The zero-order chi connectivity index (χ0) is 20.8. The molecule has 0 saturated carbocycles. The van der Waals surface area contributed by atoms with Gasteiger partial charge < -0.3 is 4.74 Å². The van der Waals surface area contributed by atoms with Crippen LogP contribution in [0, 0.1) is 10.6 Å². The van der Waals surface area contributed by atoms with Gasteiger partial charge in [-0.3, -0.25) is 5.10 Å². The molecule has 0 aliphatic rings. The van der Waals surface area contributed by atoms with Gasteiger partial charge in [0, 0.05) is 12.0 Å². The molecule has 1 heterocycles. The van der Waals surface area contributed by atoms with Gasteiger partial charge in [-0.1, -0.05) is 54.6 Å². The minimum absolute atomic E-state index is 0.275. The topological polar surface area (TPSA) is 55.2 Å². The number of aromatic nitrogens is 3. The molecule has 7 heteroatoms. The summed E-state index contributed by atoms with van der Waals surface area (Å²) in [5.74, 6) is 1.08. The SMILES string of the molecule is Fc1ccc(Cc2n[nH]c(=S)n2/N=C\c2ccccc2OCc2ccccc2)cc1. The lowest BCUT2D eigenvalue weighted by Crippen LogP contribution is -2.02. The first kappa shape index (κ1) is 19.7. The Hall–Kier alpha value is -3.58. The average molecular weight is 418 g/mol. The van der Waals surface area contributed by atoms with Crippen molar-refractivity contribution in [3.8, 4) is 5.75 Å². The Morgan fingerprint density at radius 3 is 2.50 bits per heavy atom. The Balaban J connectivity index is 1.54. The van der Waals surface area contributed by atoms with Crippen molar-refractivity contribution >= 4 is 18.4 Å². The van der Waals surface area contributed by atoms with Crippen LogP contribution >= 0.6 is 12.2 Å². The molecule has 0 radical (unpaired) electrons. The second-order valence-electron chi connectivity index (χ2n) is 6.62. The molecular formula is C23H19FN4OS. The fraction of sp³-hybridized carbons (Fsp3) is 0.0870. The molecule has 1 N–H and O–H groups in total. The van der Waals surface area contributed by atoms with Crippen LogP contribution in [0.1, 0.15) is 22.5 Å². The van der Waals surface area contributed by atoms with E-state index < -0.39 is 0 Å². The van der Waals surface area contributed by atoms with E-state index in [0.717, 1.165) is 22.4 Å². The minimum Gasteiger partial charge on any atom is -0.488 e. The predicted octanol–water partition coefficient (Wildman–Crippen LogP) is 5.13. The zero-order valence-electron chi connectivity index (χ0n) is 16.0. The molecule has 0 bridgehead atoms. The van der Waals surface area contributed by atoms with E-state index in [0.29, 0.717) is 23.6 Å². The monoisotopic (exact) mass is 418 g/mol. The third kappa shape index (κ3) is 4.87. The van der Waals surface area contributed by atoms with Gasteiger partial charge in [0.05, 0.1) is 6.21 Å². The summed E-state index contributed by atoms with van der Waals surface area (Å²) in [7, 11) is 0. The molecule has 0 saturated heterocycles. The normalized spacial score (nSPS) is 11.1. The van der Waals surface area contributed by atoms with Crippen molar-refractivity contribution in [3.63, 3.8) is 0 Å². The molecule has 0 atom stereocenters. The molecule has 3 aromatic carbocycles. The quantitative estimate of drug-likeness (QED) is 0.334. The van der Waals surface area contributed by atoms with E-state index in [9.17, 15) is 4.39 Å². The second-order valence-corrected chi connectivity index (χ2v) is 7.00. The van der Waals surface area contributed by atoms with E-state index in [-0.39, 0.29) is 5.82 Å². The van der Waals surface area contributed by atoms with E-state index in [1.807, 2.05) is 54.6 Å². The highest BCUT2D eigenvalue weighted by Crippen LogP contribution is 2.18. The summed E-state index contributed by atoms with van der Waals surface area (Å²) in [5, 5.41) is 11.5. The first-order valence-corrected chi connectivity index (χ1v) is 9.81. The highest BCUT2D eigenvalue weighted by molar-refractivity contribution is 7.71. The van der Waals surface area contributed by atoms with Gasteiger partial charge in [-0.2, -0.15) is 14.9 Å². The van der Waals surface area contributed by atoms with Crippen LogP contribution in [-0.4, -0.2) is 21.1 Å². The third-order valence-corrected chi connectivity index (χ3v) is 4.73. The molecule has 5 nitrogen and oxygen atoms in total. The highest BCUT2D eigenvalue weighted by Gasteiger charge is 2.07. The molecule has 1 aromatic heterocycles. The number of aromatic amines is 1. The summed E-state index contributed by atoms with van der Waals surface area (Å²) < 4.78 is 21.1. The van der Waals surface area contributed by atoms with Crippen LogP contribution in [0.15, 0.2) is 84.0 Å². The third-order valence-electron chi connectivity index (χ3n) is 4.46. The van der Waals surface area contributed by atoms with Gasteiger partial charge in [0.1, 0.15) is 18.2 Å². The number of halogens is 1. The molecule has 4 aromatic rings. The Morgan fingerprint density at radius 1 is 0.967 bits per heavy atom. The lowest BCUT2D eigenvalue weighted by molar-refractivity contribution is 0.306. The molecule has 0 unspecified atom stereocenters. The maximum atomic E-state index is 13.1. The Labute approximate surface area is 178 Å². The van der Waals surface area contributed by atoms with Gasteiger partial charge in [0.15, 0.2) is 5.82 Å². The molecule has 30 heavy (non-hydrogen) atoms. The fourth-order valence-electron chi connectivity index (χ4n) is 2.92. The van der Waals surface area contributed by atoms with Gasteiger partial charge in [-0.05, 0) is 47.6 Å². The summed E-state index contributed by atoms with van der Waals surface area (Å²) in [4.78, 5) is 0. The van der Waals surface area contributed by atoms with Gasteiger partial charge in [-0.25, -0.2) is 4.39 Å². The molecular weight excluding hydrogens is 399 g/mol. The Morgan fingerprint density at radius 2 is 1.70 bits per heavy atom. The molecule has 0 fully saturated rings. The standard InChI is InChI=1S/C23H19FN4OS/c24-20-12-10-17(11-13-20)14-22-26-27-23(30)28(22)25-15-19-8-4-5-9-21(19)29-16-18-6-2-1-3-7-18/h1-13,15H,14,16H2,(H,27,30)/b25-15-. The van der Waals surface area contributed by atoms with Crippen molar-refractivity contribution in [1.82, 2.24) is 14.9 Å². The number of rotatable bonds is 7. The zero-order valence-corrected chi connectivity index (χ0v) is 16.8. The number of hydrogen-bond acceptors (Lipinski definition) is 4. The number of hydrogen-bond donors (Lipinski definition) is 1. The number of para-hydroxylation sites is 1. The molecule has 0 spiro atoms. The Bertz CT molecular complexity index is 1200. The molecule has 0 amide bonds. The van der Waals surface area contributed by atoms with E-state index >= 15 is 0 Å². The van der Waals surface area contributed by atoms with E-state index in [4.69, 9.17) is 17.0 Å². The summed E-state index contributed by atoms with van der Waals surface area (Å²) >= 11 is 5.31. The summed E-state index contributed by atoms with van der Waals surface area (Å²) in [6, 6.07) is 23.9. The van der Waals surface area contributed by atoms with Gasteiger partial charge in [0.25, 0.3) is 0 Å². The van der Waals surface area contributed by atoms with E-state index in [2.05, 4.69) is 15.3 Å². The molecule has 0 aliphatic carbocycles. The van der Waals surface area contributed by atoms with Crippen LogP contribution in [-0.2, 0) is 13.0 Å². The number of ether oxygens (including phenoxy) is 1. The number of nitrogens with zero attached hydrogens (tertiary/aromatic N) is 3. The van der Waals surface area contributed by atoms with Crippen molar-refractivity contribution in [3.05, 3.63) is 112 Å². The van der Waals surface area contributed by atoms with Crippen molar-refractivity contribution < 1.29 is 9.13 Å². The van der Waals surface area contributed by atoms with Crippen LogP contribution in [0.4, 0.5) is 4.39 Å². The highest BCUT2D eigenvalue weighted by atomic mass is 32.1. The van der Waals surface area contributed by atoms with Gasteiger partial charge in [0.2, 0.25) is 4.77 Å². The van der Waals surface area contributed by atoms with Crippen LogP contribution in [0.5, 0.6) is 5.75 Å². The minimum atomic E-state index is -0.275. The summed E-state index contributed by atoms with van der Waals surface area (Å²) in [6.45, 7) is 0.465. The second kappa shape index (κ2) is 9.28. The summed E-state index contributed by atoms with van der Waals surface area (Å²) in [5.41, 5.74) is 2.82. The van der Waals surface area contributed by atoms with Crippen molar-refractivity contribution in [2.75, 3.05) is 0 Å². The average Bonchev–Trinajstić information content (AvgIpc) is 3.12. The van der Waals surface area contributed by atoms with Crippen molar-refractivity contribution in [2.45, 2.75) is 13.0 Å². The maximum Gasteiger partial charge on any atom is 0.216 e. The van der Waals surface area contributed by atoms with E-state index in [1.165, 1.54) is 12.1 Å². The van der Waals surface area contributed by atoms with Crippen LogP contribution in [0.25, 0.3) is 0 Å². The molecule has 150 valence electrons. The van der Waals surface area contributed by atoms with Crippen molar-refractivity contribution in [1.29, 1.82) is 0 Å². The van der Waals surface area contributed by atoms with Gasteiger partial charge >= 0.3 is 0 Å². The smallest absolute Gasteiger partial charge is 0.216 e.